The molecule has 9 nitrogen and oxygen atoms in total. The van der Waals surface area contributed by atoms with Gasteiger partial charge in [0.25, 0.3) is 0 Å². The maximum absolute atomic E-state index is 16.8. The maximum atomic E-state index is 16.8. The SMILES string of the molecule is CCC[C@@H]1CN2c3nc(OC[C@@]45CCCN4C[C@H](F)C5)nc4c(F)c(-c5cc(O)cc6ccccc56)nc(c34)OC[C@@H]2CN1. The Hall–Kier alpha value is -3.83. The van der Waals surface area contributed by atoms with Gasteiger partial charge in [0.15, 0.2) is 5.82 Å². The number of aromatic nitrogens is 3. The molecule has 3 fully saturated rings. The number of piperazine rings is 1. The summed E-state index contributed by atoms with van der Waals surface area (Å²) in [5, 5.41) is 16.1. The Morgan fingerprint density at radius 1 is 1.18 bits per heavy atom. The van der Waals surface area contributed by atoms with Gasteiger partial charge in [-0.2, -0.15) is 9.97 Å². The number of fused-ring (bicyclic) bond motifs is 4. The average molecular weight is 603 g/mol. The highest BCUT2D eigenvalue weighted by Crippen LogP contribution is 2.44. The predicted octanol–water partition coefficient (Wildman–Crippen LogP) is 4.98. The summed E-state index contributed by atoms with van der Waals surface area (Å²) < 4.78 is 43.9. The number of phenolic OH excluding ortho intramolecular Hbond substituents is 1. The molecule has 4 aliphatic heterocycles. The first kappa shape index (κ1) is 27.7. The first-order valence-electron chi connectivity index (χ1n) is 15.7. The molecule has 0 aliphatic carbocycles. The molecule has 0 radical (unpaired) electrons. The first-order valence-corrected chi connectivity index (χ1v) is 15.7. The molecule has 0 spiro atoms. The number of hydrogen-bond donors (Lipinski definition) is 2. The van der Waals surface area contributed by atoms with Crippen molar-refractivity contribution in [3.63, 3.8) is 0 Å². The maximum Gasteiger partial charge on any atom is 0.319 e. The summed E-state index contributed by atoms with van der Waals surface area (Å²) in [6, 6.07) is 10.9. The van der Waals surface area contributed by atoms with Gasteiger partial charge in [0.05, 0.1) is 11.6 Å². The van der Waals surface area contributed by atoms with E-state index >= 15 is 4.39 Å². The molecule has 0 amide bonds. The zero-order valence-corrected chi connectivity index (χ0v) is 24.7. The van der Waals surface area contributed by atoms with Gasteiger partial charge in [-0.15, -0.1) is 0 Å². The number of halogens is 2. The Morgan fingerprint density at radius 2 is 2.07 bits per heavy atom. The van der Waals surface area contributed by atoms with Gasteiger partial charge < -0.3 is 24.8 Å². The monoisotopic (exact) mass is 602 g/mol. The van der Waals surface area contributed by atoms with Crippen LogP contribution in [0.5, 0.6) is 17.6 Å². The molecule has 2 N–H and O–H groups in total. The topological polar surface area (TPSA) is 95.9 Å². The van der Waals surface area contributed by atoms with Crippen LogP contribution in [0.15, 0.2) is 36.4 Å². The van der Waals surface area contributed by atoms with E-state index in [-0.39, 0.29) is 47.5 Å². The van der Waals surface area contributed by atoms with Crippen LogP contribution in [0, 0.1) is 5.82 Å². The fourth-order valence-corrected chi connectivity index (χ4v) is 7.79. The Bertz CT molecular complexity index is 1760. The Balaban J connectivity index is 1.29. The van der Waals surface area contributed by atoms with Crippen molar-refractivity contribution in [2.75, 3.05) is 44.3 Å². The average Bonchev–Trinajstić information content (AvgIpc) is 3.50. The highest BCUT2D eigenvalue weighted by Gasteiger charge is 2.49. The van der Waals surface area contributed by atoms with Crippen molar-refractivity contribution in [1.82, 2.24) is 25.2 Å². The lowest BCUT2D eigenvalue weighted by Crippen LogP contribution is -2.58. The molecule has 8 rings (SSSR count). The molecule has 230 valence electrons. The van der Waals surface area contributed by atoms with Gasteiger partial charge in [-0.1, -0.05) is 37.6 Å². The molecule has 4 aromatic rings. The van der Waals surface area contributed by atoms with Crippen LogP contribution in [0.4, 0.5) is 14.6 Å². The number of ether oxygens (including phenoxy) is 2. The molecule has 3 saturated heterocycles. The van der Waals surface area contributed by atoms with Gasteiger partial charge in [-0.25, -0.2) is 13.8 Å². The van der Waals surface area contributed by atoms with Gasteiger partial charge in [0.1, 0.15) is 47.5 Å². The Kier molecular flexibility index (Phi) is 6.71. The largest absolute Gasteiger partial charge is 0.508 e. The third kappa shape index (κ3) is 4.51. The molecule has 2 aromatic carbocycles. The van der Waals surface area contributed by atoms with Crippen molar-refractivity contribution in [3.8, 4) is 28.9 Å². The molecule has 0 unspecified atom stereocenters. The normalized spacial score (nSPS) is 26.4. The molecule has 2 aromatic heterocycles. The van der Waals surface area contributed by atoms with Crippen molar-refractivity contribution < 1.29 is 23.4 Å². The van der Waals surface area contributed by atoms with E-state index in [0.29, 0.717) is 49.4 Å². The summed E-state index contributed by atoms with van der Waals surface area (Å²) >= 11 is 0. The molecule has 4 atom stereocenters. The van der Waals surface area contributed by atoms with Crippen LogP contribution in [-0.2, 0) is 0 Å². The zero-order valence-electron chi connectivity index (χ0n) is 24.7. The van der Waals surface area contributed by atoms with E-state index < -0.39 is 17.5 Å². The quantitative estimate of drug-likeness (QED) is 0.317. The minimum absolute atomic E-state index is 0.00690. The fourth-order valence-electron chi connectivity index (χ4n) is 7.79. The number of anilines is 1. The van der Waals surface area contributed by atoms with Crippen molar-refractivity contribution in [3.05, 3.63) is 42.2 Å². The van der Waals surface area contributed by atoms with Crippen LogP contribution < -0.4 is 19.7 Å². The second-order valence-electron chi connectivity index (χ2n) is 12.7. The summed E-state index contributed by atoms with van der Waals surface area (Å²) in [5.41, 5.74) is 0.134. The number of nitrogens with zero attached hydrogens (tertiary/aromatic N) is 5. The Morgan fingerprint density at radius 3 is 2.95 bits per heavy atom. The highest BCUT2D eigenvalue weighted by atomic mass is 19.1. The van der Waals surface area contributed by atoms with E-state index in [1.165, 1.54) is 6.07 Å². The second-order valence-corrected chi connectivity index (χ2v) is 12.7. The molecule has 0 bridgehead atoms. The van der Waals surface area contributed by atoms with E-state index in [4.69, 9.17) is 19.4 Å². The minimum atomic E-state index is -0.888. The number of phenols is 1. The van der Waals surface area contributed by atoms with E-state index in [1.807, 2.05) is 24.3 Å². The minimum Gasteiger partial charge on any atom is -0.508 e. The zero-order chi connectivity index (χ0) is 30.0. The number of hydrogen-bond acceptors (Lipinski definition) is 9. The molecular formula is C33H36F2N6O3. The van der Waals surface area contributed by atoms with E-state index in [2.05, 4.69) is 27.0 Å². The van der Waals surface area contributed by atoms with Crippen molar-refractivity contribution in [2.45, 2.75) is 62.8 Å². The lowest BCUT2D eigenvalue weighted by atomic mass is 9.95. The third-order valence-corrected chi connectivity index (χ3v) is 9.87. The highest BCUT2D eigenvalue weighted by molar-refractivity contribution is 6.01. The molecule has 6 heterocycles. The van der Waals surface area contributed by atoms with E-state index in [0.717, 1.165) is 43.0 Å². The lowest BCUT2D eigenvalue weighted by molar-refractivity contribution is 0.107. The standard InChI is InChI=1S/C33H36F2N6O3/c1-2-6-21-16-41-22(14-36-21)17-43-31-26-29(27(35)28(37-31)25-12-23(42)11-19-7-3-4-8-24(19)25)38-32(39-30(26)41)44-18-33-9-5-10-40(33)15-20(34)13-33/h3-4,7-8,11-12,20-22,36,42H,2,5-6,9-10,13-18H2,1H3/t20-,21-,22+,33+/m1/s1. The molecule has 0 saturated carbocycles. The molecule has 4 aliphatic rings. The van der Waals surface area contributed by atoms with Crippen LogP contribution >= 0.6 is 0 Å². The molecule has 11 heteroatoms. The third-order valence-electron chi connectivity index (χ3n) is 9.87. The first-order chi connectivity index (χ1) is 21.4. The number of nitrogens with one attached hydrogen (secondary N) is 1. The van der Waals surface area contributed by atoms with Gasteiger partial charge in [-0.05, 0) is 48.7 Å². The van der Waals surface area contributed by atoms with Gasteiger partial charge >= 0.3 is 6.01 Å². The van der Waals surface area contributed by atoms with Crippen LogP contribution in [0.1, 0.15) is 39.0 Å². The van der Waals surface area contributed by atoms with Crippen LogP contribution in [0.2, 0.25) is 0 Å². The van der Waals surface area contributed by atoms with Crippen molar-refractivity contribution in [2.24, 2.45) is 0 Å². The van der Waals surface area contributed by atoms with Crippen molar-refractivity contribution >= 4 is 27.5 Å². The van der Waals surface area contributed by atoms with Gasteiger partial charge in [-0.3, -0.25) is 4.90 Å². The van der Waals surface area contributed by atoms with Crippen molar-refractivity contribution in [1.29, 1.82) is 0 Å². The molecular weight excluding hydrogens is 566 g/mol. The van der Waals surface area contributed by atoms with E-state index in [9.17, 15) is 9.50 Å². The number of alkyl halides is 1. The second kappa shape index (κ2) is 10.7. The fraction of sp³-hybridized carbons (Fsp3) is 0.485. The smallest absolute Gasteiger partial charge is 0.319 e. The van der Waals surface area contributed by atoms with E-state index in [1.54, 1.807) is 6.07 Å². The number of rotatable bonds is 6. The van der Waals surface area contributed by atoms with Crippen LogP contribution in [0.25, 0.3) is 32.9 Å². The molecule has 44 heavy (non-hydrogen) atoms. The number of pyridine rings is 1. The Labute approximate surface area is 254 Å². The summed E-state index contributed by atoms with van der Waals surface area (Å²) in [6.07, 6.45) is 3.38. The lowest BCUT2D eigenvalue weighted by Gasteiger charge is -2.40. The number of benzene rings is 2. The van der Waals surface area contributed by atoms with Gasteiger partial charge in [0, 0.05) is 37.7 Å². The van der Waals surface area contributed by atoms with Gasteiger partial charge in [0.2, 0.25) is 5.88 Å². The summed E-state index contributed by atoms with van der Waals surface area (Å²) in [6.45, 7) is 5.35. The summed E-state index contributed by atoms with van der Waals surface area (Å²) in [7, 11) is 0. The number of aromatic hydroxyl groups is 1. The summed E-state index contributed by atoms with van der Waals surface area (Å²) in [5.74, 6) is 0.163. The van der Waals surface area contributed by atoms with Crippen LogP contribution in [0.3, 0.4) is 0 Å². The van der Waals surface area contributed by atoms with Crippen LogP contribution in [-0.4, -0.2) is 88.1 Å². The summed E-state index contributed by atoms with van der Waals surface area (Å²) in [4.78, 5) is 18.6. The predicted molar refractivity (Wildman–Crippen MR) is 164 cm³/mol.